The van der Waals surface area contributed by atoms with Crippen LogP contribution in [-0.4, -0.2) is 54.5 Å². The number of aliphatic hydroxyl groups is 1. The van der Waals surface area contributed by atoms with Crippen LogP contribution in [0.15, 0.2) is 29.2 Å². The van der Waals surface area contributed by atoms with Crippen LogP contribution < -0.4 is 5.32 Å². The fraction of sp³-hybridized carbons (Fsp3) is 0.462. The van der Waals surface area contributed by atoms with Gasteiger partial charge in [0.2, 0.25) is 0 Å². The molecule has 1 heterocycles. The molecule has 5 heteroatoms. The van der Waals surface area contributed by atoms with E-state index in [1.54, 1.807) is 23.7 Å². The second-order valence-corrected chi connectivity index (χ2v) is 5.26. The molecule has 1 aromatic carbocycles. The molecule has 1 saturated heterocycles. The van der Waals surface area contributed by atoms with E-state index < -0.39 is 6.10 Å². The molecule has 0 bridgehead atoms. The van der Waals surface area contributed by atoms with Crippen LogP contribution in [0.2, 0.25) is 0 Å². The van der Waals surface area contributed by atoms with Crippen LogP contribution in [0.4, 0.5) is 0 Å². The van der Waals surface area contributed by atoms with Crippen molar-refractivity contribution in [2.24, 2.45) is 0 Å². The molecule has 2 N–H and O–H groups in total. The first-order valence-electron chi connectivity index (χ1n) is 5.94. The minimum Gasteiger partial charge on any atom is -0.390 e. The molecule has 0 radical (unpaired) electrons. The van der Waals surface area contributed by atoms with Crippen molar-refractivity contribution < 1.29 is 9.90 Å². The van der Waals surface area contributed by atoms with Crippen LogP contribution >= 0.6 is 11.8 Å². The van der Waals surface area contributed by atoms with Crippen molar-refractivity contribution in [1.82, 2.24) is 10.2 Å². The molecule has 1 fully saturated rings. The predicted octanol–water partition coefficient (Wildman–Crippen LogP) is 0.813. The number of carbonyl (C=O) groups excluding carboxylic acids is 1. The van der Waals surface area contributed by atoms with Gasteiger partial charge >= 0.3 is 0 Å². The van der Waals surface area contributed by atoms with Crippen molar-refractivity contribution in [1.29, 1.82) is 0 Å². The van der Waals surface area contributed by atoms with Gasteiger partial charge < -0.3 is 15.3 Å². The van der Waals surface area contributed by atoms with E-state index in [1.165, 1.54) is 0 Å². The summed E-state index contributed by atoms with van der Waals surface area (Å²) in [4.78, 5) is 15.0. The first kappa shape index (κ1) is 13.4. The number of hydrogen-bond donors (Lipinski definition) is 2. The lowest BCUT2D eigenvalue weighted by Gasteiger charge is -2.27. The Morgan fingerprint density at radius 3 is 2.78 bits per heavy atom. The smallest absolute Gasteiger partial charge is 0.255 e. The van der Waals surface area contributed by atoms with Gasteiger partial charge in [-0.25, -0.2) is 0 Å². The number of likely N-dealkylation sites (N-methyl/N-ethyl adjacent to an activating group) is 1. The maximum Gasteiger partial charge on any atom is 0.255 e. The number of thioether (sulfide) groups is 1. The highest BCUT2D eigenvalue weighted by atomic mass is 32.2. The van der Waals surface area contributed by atoms with Crippen molar-refractivity contribution in [2.45, 2.75) is 17.0 Å². The molecular formula is C13H18N2O2S. The van der Waals surface area contributed by atoms with Crippen LogP contribution in [0.1, 0.15) is 10.4 Å². The summed E-state index contributed by atoms with van der Waals surface area (Å²) >= 11 is 1.56. The largest absolute Gasteiger partial charge is 0.390 e. The standard InChI is InChI=1S/C13H18N2O2S/c1-15(10-7-14-8-11(10)16)13(17)9-5-3-4-6-12(9)18-2/h3-6,10-11,14,16H,7-8H2,1-2H3/t10-,11-/m0/s1. The Labute approximate surface area is 111 Å². The molecule has 0 unspecified atom stereocenters. The maximum atomic E-state index is 12.4. The monoisotopic (exact) mass is 266 g/mol. The number of amides is 1. The Kier molecular flexibility index (Phi) is 4.27. The van der Waals surface area contributed by atoms with Crippen LogP contribution in [-0.2, 0) is 0 Å². The van der Waals surface area contributed by atoms with Crippen molar-refractivity contribution in [3.05, 3.63) is 29.8 Å². The van der Waals surface area contributed by atoms with Crippen LogP contribution in [0.3, 0.4) is 0 Å². The van der Waals surface area contributed by atoms with Gasteiger partial charge in [0.05, 0.1) is 17.7 Å². The summed E-state index contributed by atoms with van der Waals surface area (Å²) in [6.45, 7) is 1.19. The van der Waals surface area contributed by atoms with E-state index >= 15 is 0 Å². The highest BCUT2D eigenvalue weighted by Gasteiger charge is 2.32. The van der Waals surface area contributed by atoms with Gasteiger partial charge in [-0.1, -0.05) is 12.1 Å². The van der Waals surface area contributed by atoms with Crippen LogP contribution in [0, 0.1) is 0 Å². The SMILES string of the molecule is CSc1ccccc1C(=O)N(C)[C@H]1CNC[C@@H]1O. The Balaban J connectivity index is 2.20. The van der Waals surface area contributed by atoms with E-state index in [2.05, 4.69) is 5.32 Å². The number of benzene rings is 1. The summed E-state index contributed by atoms with van der Waals surface area (Å²) in [5, 5.41) is 12.9. The third-order valence-corrected chi connectivity index (χ3v) is 4.10. The number of rotatable bonds is 3. The second-order valence-electron chi connectivity index (χ2n) is 4.41. The molecule has 1 amide bonds. The lowest BCUT2D eigenvalue weighted by Crippen LogP contribution is -2.44. The zero-order chi connectivity index (χ0) is 13.1. The average molecular weight is 266 g/mol. The summed E-state index contributed by atoms with van der Waals surface area (Å²) < 4.78 is 0. The van der Waals surface area contributed by atoms with Gasteiger partial charge in [0.1, 0.15) is 0 Å². The second kappa shape index (κ2) is 5.73. The lowest BCUT2D eigenvalue weighted by atomic mass is 10.1. The molecule has 1 aliphatic rings. The van der Waals surface area contributed by atoms with E-state index in [-0.39, 0.29) is 11.9 Å². The molecule has 0 saturated carbocycles. The number of nitrogens with zero attached hydrogens (tertiary/aromatic N) is 1. The third-order valence-electron chi connectivity index (χ3n) is 3.31. The van der Waals surface area contributed by atoms with Gasteiger partial charge in [-0.3, -0.25) is 4.79 Å². The molecule has 98 valence electrons. The molecule has 0 aliphatic carbocycles. The number of hydrogen-bond acceptors (Lipinski definition) is 4. The molecule has 0 spiro atoms. The molecule has 2 rings (SSSR count). The van der Waals surface area contributed by atoms with E-state index in [4.69, 9.17) is 0 Å². The topological polar surface area (TPSA) is 52.6 Å². The Bertz CT molecular complexity index is 439. The number of carbonyl (C=O) groups is 1. The number of nitrogens with one attached hydrogen (secondary N) is 1. The number of β-amino-alcohol motifs (C(OH)–C–C–N with tert-alkyl or cyclic N) is 1. The predicted molar refractivity (Wildman–Crippen MR) is 73.0 cm³/mol. The Morgan fingerprint density at radius 1 is 1.44 bits per heavy atom. The van der Waals surface area contributed by atoms with Gasteiger partial charge in [0.15, 0.2) is 0 Å². The van der Waals surface area contributed by atoms with E-state index in [0.717, 1.165) is 4.90 Å². The van der Waals surface area contributed by atoms with Crippen molar-refractivity contribution in [3.63, 3.8) is 0 Å². The van der Waals surface area contributed by atoms with Crippen molar-refractivity contribution >= 4 is 17.7 Å². The van der Waals surface area contributed by atoms with E-state index in [9.17, 15) is 9.90 Å². The van der Waals surface area contributed by atoms with Crippen molar-refractivity contribution in [2.75, 3.05) is 26.4 Å². The fourth-order valence-electron chi connectivity index (χ4n) is 2.21. The molecule has 4 nitrogen and oxygen atoms in total. The first-order valence-corrected chi connectivity index (χ1v) is 7.16. The zero-order valence-electron chi connectivity index (χ0n) is 10.6. The molecule has 0 aromatic heterocycles. The summed E-state index contributed by atoms with van der Waals surface area (Å²) in [7, 11) is 1.75. The summed E-state index contributed by atoms with van der Waals surface area (Å²) in [5.41, 5.74) is 0.701. The molecule has 2 atom stereocenters. The minimum atomic E-state index is -0.486. The van der Waals surface area contributed by atoms with Gasteiger partial charge in [-0.05, 0) is 18.4 Å². The summed E-state index contributed by atoms with van der Waals surface area (Å²) in [5.74, 6) is -0.0345. The average Bonchev–Trinajstić information content (AvgIpc) is 2.83. The summed E-state index contributed by atoms with van der Waals surface area (Å²) in [6, 6.07) is 7.42. The third kappa shape index (κ3) is 2.53. The normalized spacial score (nSPS) is 23.1. The minimum absolute atomic E-state index is 0.0345. The van der Waals surface area contributed by atoms with Crippen molar-refractivity contribution in [3.8, 4) is 0 Å². The lowest BCUT2D eigenvalue weighted by molar-refractivity contribution is 0.0578. The Morgan fingerprint density at radius 2 is 2.17 bits per heavy atom. The maximum absolute atomic E-state index is 12.4. The number of aliphatic hydroxyl groups excluding tert-OH is 1. The van der Waals surface area contributed by atoms with Gasteiger partial charge in [0, 0.05) is 25.0 Å². The van der Waals surface area contributed by atoms with Crippen LogP contribution in [0.5, 0.6) is 0 Å². The zero-order valence-corrected chi connectivity index (χ0v) is 11.4. The quantitative estimate of drug-likeness (QED) is 0.795. The molecular weight excluding hydrogens is 248 g/mol. The van der Waals surface area contributed by atoms with E-state index in [1.807, 2.05) is 30.5 Å². The van der Waals surface area contributed by atoms with E-state index in [0.29, 0.717) is 18.7 Å². The highest BCUT2D eigenvalue weighted by molar-refractivity contribution is 7.98. The first-order chi connectivity index (χ1) is 8.65. The highest BCUT2D eigenvalue weighted by Crippen LogP contribution is 2.22. The Hall–Kier alpha value is -1.04. The van der Waals surface area contributed by atoms with Gasteiger partial charge in [-0.2, -0.15) is 0 Å². The molecule has 1 aliphatic heterocycles. The van der Waals surface area contributed by atoms with Crippen LogP contribution in [0.25, 0.3) is 0 Å². The molecule has 1 aromatic rings. The van der Waals surface area contributed by atoms with Gasteiger partial charge in [0.25, 0.3) is 5.91 Å². The summed E-state index contributed by atoms with van der Waals surface area (Å²) in [6.07, 6.45) is 1.47. The molecule has 18 heavy (non-hydrogen) atoms. The van der Waals surface area contributed by atoms with Gasteiger partial charge in [-0.15, -0.1) is 11.8 Å². The fourth-order valence-corrected chi connectivity index (χ4v) is 2.80.